The van der Waals surface area contributed by atoms with Gasteiger partial charge in [-0.3, -0.25) is 19.4 Å². The number of carbonyl (C=O) groups is 1. The maximum absolute atomic E-state index is 13.7. The van der Waals surface area contributed by atoms with Crippen molar-refractivity contribution in [2.24, 2.45) is 0 Å². The lowest BCUT2D eigenvalue weighted by atomic mass is 10.0. The van der Waals surface area contributed by atoms with E-state index in [1.807, 2.05) is 59.4 Å². The van der Waals surface area contributed by atoms with E-state index in [0.717, 1.165) is 36.3 Å². The molecule has 0 bridgehead atoms. The van der Waals surface area contributed by atoms with Gasteiger partial charge in [-0.15, -0.1) is 0 Å². The number of benzene rings is 2. The molecule has 0 spiro atoms. The van der Waals surface area contributed by atoms with Gasteiger partial charge < -0.3 is 10.1 Å². The molecule has 5 rings (SSSR count). The minimum atomic E-state index is -0.152. The predicted molar refractivity (Wildman–Crippen MR) is 135 cm³/mol. The molecule has 7 nitrogen and oxygen atoms in total. The fraction of sp³-hybridized carbons (Fsp3) is 0.250. The molecule has 1 aliphatic heterocycles. The van der Waals surface area contributed by atoms with Crippen molar-refractivity contribution < 1.29 is 9.53 Å². The number of nitrogens with one attached hydrogen (secondary N) is 1. The third-order valence-electron chi connectivity index (χ3n) is 6.18. The highest BCUT2D eigenvalue weighted by Gasteiger charge is 2.24. The van der Waals surface area contributed by atoms with Crippen LogP contribution >= 0.6 is 0 Å². The van der Waals surface area contributed by atoms with E-state index in [2.05, 4.69) is 39.5 Å². The first-order valence-electron chi connectivity index (χ1n) is 11.9. The van der Waals surface area contributed by atoms with Crippen LogP contribution in [0.15, 0.2) is 91.4 Å². The fourth-order valence-electron chi connectivity index (χ4n) is 4.35. The second-order valence-electron chi connectivity index (χ2n) is 8.67. The van der Waals surface area contributed by atoms with Crippen molar-refractivity contribution in [2.45, 2.75) is 12.6 Å². The molecule has 3 heterocycles. The molecule has 0 saturated carbocycles. The molecule has 1 N–H and O–H groups in total. The van der Waals surface area contributed by atoms with E-state index in [0.29, 0.717) is 31.0 Å². The Morgan fingerprint density at radius 1 is 0.971 bits per heavy atom. The third-order valence-corrected chi connectivity index (χ3v) is 6.18. The Morgan fingerprint density at radius 2 is 1.71 bits per heavy atom. The molecule has 1 atom stereocenters. The number of nitrogens with zero attached hydrogens (tertiary/aromatic N) is 4. The van der Waals surface area contributed by atoms with E-state index in [-0.39, 0.29) is 11.9 Å². The molecule has 2 aromatic carbocycles. The molecule has 0 radical (unpaired) electrons. The summed E-state index contributed by atoms with van der Waals surface area (Å²) in [5, 5.41) is 8.07. The molecule has 1 amide bonds. The molecule has 1 aliphatic rings. The Bertz CT molecular complexity index is 1220. The number of amides is 1. The highest BCUT2D eigenvalue weighted by atomic mass is 16.5. The van der Waals surface area contributed by atoms with Gasteiger partial charge in [0.05, 0.1) is 31.4 Å². The first-order chi connectivity index (χ1) is 17.3. The second kappa shape index (κ2) is 11.1. The maximum atomic E-state index is 13.7. The van der Waals surface area contributed by atoms with Crippen LogP contribution in [0.25, 0.3) is 11.3 Å². The van der Waals surface area contributed by atoms with E-state index in [4.69, 9.17) is 9.84 Å². The normalized spacial score (nSPS) is 15.0. The zero-order valence-corrected chi connectivity index (χ0v) is 19.6. The monoisotopic (exact) mass is 467 g/mol. The average molecular weight is 468 g/mol. The quantitative estimate of drug-likeness (QED) is 0.427. The van der Waals surface area contributed by atoms with Crippen LogP contribution in [0.5, 0.6) is 0 Å². The van der Waals surface area contributed by atoms with Crippen LogP contribution in [0.1, 0.15) is 27.5 Å². The van der Waals surface area contributed by atoms with Crippen molar-refractivity contribution >= 4 is 5.91 Å². The van der Waals surface area contributed by atoms with Gasteiger partial charge in [0.2, 0.25) is 0 Å². The van der Waals surface area contributed by atoms with Crippen molar-refractivity contribution in [1.82, 2.24) is 25.0 Å². The summed E-state index contributed by atoms with van der Waals surface area (Å²) in [6.07, 6.45) is 5.30. The largest absolute Gasteiger partial charge is 0.379 e. The van der Waals surface area contributed by atoms with Crippen LogP contribution in [0, 0.1) is 0 Å². The van der Waals surface area contributed by atoms with Crippen LogP contribution in [-0.4, -0.2) is 58.4 Å². The number of ether oxygens (including phenoxy) is 1. The number of carbonyl (C=O) groups excluding carboxylic acids is 1. The number of rotatable bonds is 8. The Kier molecular flexibility index (Phi) is 7.27. The summed E-state index contributed by atoms with van der Waals surface area (Å²) in [5.41, 5.74) is 4.18. The van der Waals surface area contributed by atoms with Gasteiger partial charge in [-0.2, -0.15) is 5.10 Å². The Labute approximate surface area is 205 Å². The van der Waals surface area contributed by atoms with Crippen LogP contribution in [-0.2, 0) is 11.3 Å². The lowest BCUT2D eigenvalue weighted by Gasteiger charge is -2.31. The Morgan fingerprint density at radius 3 is 2.43 bits per heavy atom. The SMILES string of the molecule is O=C(N[C@@H](CN1CCOCC1)c1ccccc1)c1cn(Cc2ccccc2)nc1-c1cccnc1. The molecule has 0 aliphatic carbocycles. The van der Waals surface area contributed by atoms with E-state index in [1.165, 1.54) is 0 Å². The summed E-state index contributed by atoms with van der Waals surface area (Å²) in [5.74, 6) is -0.148. The summed E-state index contributed by atoms with van der Waals surface area (Å²) in [6, 6.07) is 23.9. The van der Waals surface area contributed by atoms with E-state index in [1.54, 1.807) is 12.4 Å². The molecule has 7 heteroatoms. The molecule has 35 heavy (non-hydrogen) atoms. The molecular formula is C28H29N5O2. The van der Waals surface area contributed by atoms with Gasteiger partial charge in [-0.25, -0.2) is 0 Å². The molecule has 4 aromatic rings. The van der Waals surface area contributed by atoms with Crippen LogP contribution < -0.4 is 5.32 Å². The van der Waals surface area contributed by atoms with Crippen molar-refractivity contribution in [3.8, 4) is 11.3 Å². The van der Waals surface area contributed by atoms with Gasteiger partial charge >= 0.3 is 0 Å². The number of pyridine rings is 1. The van der Waals surface area contributed by atoms with Crippen molar-refractivity contribution in [1.29, 1.82) is 0 Å². The van der Waals surface area contributed by atoms with Crippen LogP contribution in [0.4, 0.5) is 0 Å². The molecule has 1 saturated heterocycles. The minimum absolute atomic E-state index is 0.148. The van der Waals surface area contributed by atoms with Crippen molar-refractivity contribution in [2.75, 3.05) is 32.8 Å². The number of morpholine rings is 1. The van der Waals surface area contributed by atoms with Gasteiger partial charge in [0.1, 0.15) is 5.69 Å². The third kappa shape index (κ3) is 5.82. The topological polar surface area (TPSA) is 72.3 Å². The van der Waals surface area contributed by atoms with Crippen LogP contribution in [0.3, 0.4) is 0 Å². The van der Waals surface area contributed by atoms with E-state index < -0.39 is 0 Å². The summed E-state index contributed by atoms with van der Waals surface area (Å²) in [6.45, 7) is 4.45. The number of hydrogen-bond donors (Lipinski definition) is 1. The molecule has 178 valence electrons. The molecular weight excluding hydrogens is 438 g/mol. The lowest BCUT2D eigenvalue weighted by molar-refractivity contribution is 0.0332. The van der Waals surface area contributed by atoms with Gasteiger partial charge in [0.15, 0.2) is 0 Å². The second-order valence-corrected chi connectivity index (χ2v) is 8.67. The highest BCUT2D eigenvalue weighted by Crippen LogP contribution is 2.23. The highest BCUT2D eigenvalue weighted by molar-refractivity contribution is 6.00. The summed E-state index contributed by atoms with van der Waals surface area (Å²) < 4.78 is 7.33. The lowest BCUT2D eigenvalue weighted by Crippen LogP contribution is -2.43. The van der Waals surface area contributed by atoms with Gasteiger partial charge in [-0.1, -0.05) is 60.7 Å². The fourth-order valence-corrected chi connectivity index (χ4v) is 4.35. The zero-order chi connectivity index (χ0) is 23.9. The smallest absolute Gasteiger partial charge is 0.255 e. The predicted octanol–water partition coefficient (Wildman–Crippen LogP) is 3.80. The molecule has 2 aromatic heterocycles. The number of hydrogen-bond acceptors (Lipinski definition) is 5. The standard InChI is InChI=1S/C28H29N5O2/c34-28(30-26(23-10-5-2-6-11-23)21-32-14-16-35-17-15-32)25-20-33(19-22-8-3-1-4-9-22)31-27(25)24-12-7-13-29-18-24/h1-13,18,20,26H,14-17,19,21H2,(H,30,34)/t26-/m0/s1. The van der Waals surface area contributed by atoms with Gasteiger partial charge in [0, 0.05) is 43.8 Å². The molecule has 1 fully saturated rings. The van der Waals surface area contributed by atoms with Crippen molar-refractivity contribution in [3.05, 3.63) is 108 Å². The minimum Gasteiger partial charge on any atom is -0.379 e. The van der Waals surface area contributed by atoms with E-state index in [9.17, 15) is 4.79 Å². The molecule has 0 unspecified atom stereocenters. The summed E-state index contributed by atoms with van der Waals surface area (Å²) in [4.78, 5) is 20.3. The number of aromatic nitrogens is 3. The van der Waals surface area contributed by atoms with Crippen molar-refractivity contribution in [3.63, 3.8) is 0 Å². The van der Waals surface area contributed by atoms with Gasteiger partial charge in [-0.05, 0) is 23.3 Å². The Balaban J connectivity index is 1.43. The zero-order valence-electron chi connectivity index (χ0n) is 19.6. The first kappa shape index (κ1) is 23.0. The maximum Gasteiger partial charge on any atom is 0.255 e. The van der Waals surface area contributed by atoms with E-state index >= 15 is 0 Å². The first-order valence-corrected chi connectivity index (χ1v) is 11.9. The summed E-state index contributed by atoms with van der Waals surface area (Å²) in [7, 11) is 0. The van der Waals surface area contributed by atoms with Crippen LogP contribution in [0.2, 0.25) is 0 Å². The average Bonchev–Trinajstić information content (AvgIpc) is 3.34. The Hall–Kier alpha value is -3.81. The summed E-state index contributed by atoms with van der Waals surface area (Å²) >= 11 is 0. The van der Waals surface area contributed by atoms with Gasteiger partial charge in [0.25, 0.3) is 5.91 Å².